The standard InChI is InChI=1S/C14H26ClN3O2/c1-13(2)8-10(16)9-14(3,4)18(13)12(20)11(19)17-7-5-6-15/h10H,5-9,16H2,1-4H3,(H,17,19). The molecule has 1 aliphatic heterocycles. The van der Waals surface area contributed by atoms with Crippen LogP contribution in [0.4, 0.5) is 0 Å². The number of carbonyl (C=O) groups excluding carboxylic acids is 2. The summed E-state index contributed by atoms with van der Waals surface area (Å²) in [5.41, 5.74) is 5.21. The van der Waals surface area contributed by atoms with E-state index in [4.69, 9.17) is 17.3 Å². The number of nitrogens with two attached hydrogens (primary N) is 1. The van der Waals surface area contributed by atoms with Gasteiger partial charge in [0.25, 0.3) is 0 Å². The van der Waals surface area contributed by atoms with E-state index in [1.165, 1.54) is 0 Å². The zero-order valence-corrected chi connectivity index (χ0v) is 13.6. The number of hydrogen-bond donors (Lipinski definition) is 2. The van der Waals surface area contributed by atoms with Crippen LogP contribution < -0.4 is 11.1 Å². The Balaban J connectivity index is 2.85. The van der Waals surface area contributed by atoms with E-state index >= 15 is 0 Å². The number of piperidine rings is 1. The maximum atomic E-state index is 12.5. The first-order valence-corrected chi connectivity index (χ1v) is 7.59. The highest BCUT2D eigenvalue weighted by Gasteiger charge is 2.48. The summed E-state index contributed by atoms with van der Waals surface area (Å²) in [6, 6.07) is 0.0448. The van der Waals surface area contributed by atoms with Gasteiger partial charge in [0.1, 0.15) is 0 Å². The van der Waals surface area contributed by atoms with Crippen molar-refractivity contribution in [3.8, 4) is 0 Å². The van der Waals surface area contributed by atoms with Crippen molar-refractivity contribution in [2.24, 2.45) is 5.73 Å². The zero-order valence-electron chi connectivity index (χ0n) is 12.8. The highest BCUT2D eigenvalue weighted by molar-refractivity contribution is 6.35. The number of hydrogen-bond acceptors (Lipinski definition) is 3. The summed E-state index contributed by atoms with van der Waals surface area (Å²) >= 11 is 5.56. The van der Waals surface area contributed by atoms with Crippen LogP contribution >= 0.6 is 11.6 Å². The molecule has 0 aromatic carbocycles. The number of nitrogens with one attached hydrogen (secondary N) is 1. The van der Waals surface area contributed by atoms with Gasteiger partial charge in [0.2, 0.25) is 0 Å². The van der Waals surface area contributed by atoms with Crippen LogP contribution in [0.5, 0.6) is 0 Å². The van der Waals surface area contributed by atoms with E-state index in [2.05, 4.69) is 5.32 Å². The van der Waals surface area contributed by atoms with Gasteiger partial charge in [-0.3, -0.25) is 9.59 Å². The van der Waals surface area contributed by atoms with Crippen molar-refractivity contribution in [1.82, 2.24) is 10.2 Å². The van der Waals surface area contributed by atoms with Gasteiger partial charge in [-0.1, -0.05) is 0 Å². The monoisotopic (exact) mass is 303 g/mol. The molecule has 3 N–H and O–H groups in total. The fraction of sp³-hybridized carbons (Fsp3) is 0.857. The Kier molecular flexibility index (Phi) is 5.44. The molecule has 0 radical (unpaired) electrons. The van der Waals surface area contributed by atoms with Gasteiger partial charge in [-0.2, -0.15) is 0 Å². The third kappa shape index (κ3) is 3.85. The van der Waals surface area contributed by atoms with Gasteiger partial charge in [-0.15, -0.1) is 11.6 Å². The first-order valence-electron chi connectivity index (χ1n) is 7.06. The van der Waals surface area contributed by atoms with Gasteiger partial charge < -0.3 is 16.0 Å². The molecular weight excluding hydrogens is 278 g/mol. The molecule has 1 saturated heterocycles. The van der Waals surface area contributed by atoms with E-state index in [1.54, 1.807) is 4.90 Å². The van der Waals surface area contributed by atoms with E-state index in [-0.39, 0.29) is 6.04 Å². The molecule has 0 bridgehead atoms. The number of nitrogens with zero attached hydrogens (tertiary/aromatic N) is 1. The Morgan fingerprint density at radius 3 is 2.20 bits per heavy atom. The Morgan fingerprint density at radius 2 is 1.75 bits per heavy atom. The molecule has 1 rings (SSSR count). The molecule has 0 unspecified atom stereocenters. The fourth-order valence-corrected chi connectivity index (χ4v) is 3.49. The number of rotatable bonds is 3. The number of halogens is 1. The van der Waals surface area contributed by atoms with Gasteiger partial charge >= 0.3 is 11.8 Å². The lowest BCUT2D eigenvalue weighted by atomic mass is 9.77. The summed E-state index contributed by atoms with van der Waals surface area (Å²) < 4.78 is 0. The molecule has 0 spiro atoms. The summed E-state index contributed by atoms with van der Waals surface area (Å²) in [6.45, 7) is 8.24. The molecule has 0 aromatic heterocycles. The van der Waals surface area contributed by atoms with E-state index in [0.717, 1.165) is 0 Å². The highest BCUT2D eigenvalue weighted by atomic mass is 35.5. The molecule has 6 heteroatoms. The minimum atomic E-state index is -0.563. The van der Waals surface area contributed by atoms with Crippen molar-refractivity contribution in [2.75, 3.05) is 12.4 Å². The summed E-state index contributed by atoms with van der Waals surface area (Å²) in [6.07, 6.45) is 2.03. The van der Waals surface area contributed by atoms with Gasteiger partial charge in [-0.25, -0.2) is 0 Å². The predicted molar refractivity (Wildman–Crippen MR) is 80.6 cm³/mol. The predicted octanol–water partition coefficient (Wildman–Crippen LogP) is 1.24. The third-order valence-electron chi connectivity index (χ3n) is 3.73. The Hall–Kier alpha value is -0.810. The molecule has 116 valence electrons. The molecule has 0 aromatic rings. The second-order valence-electron chi connectivity index (χ2n) is 6.73. The van der Waals surface area contributed by atoms with Gasteiger partial charge in [0.05, 0.1) is 0 Å². The number of alkyl halides is 1. The van der Waals surface area contributed by atoms with Crippen LogP contribution in [0.2, 0.25) is 0 Å². The van der Waals surface area contributed by atoms with E-state index < -0.39 is 22.9 Å². The quantitative estimate of drug-likeness (QED) is 0.468. The lowest BCUT2D eigenvalue weighted by Crippen LogP contribution is -2.67. The number of likely N-dealkylation sites (tertiary alicyclic amines) is 1. The van der Waals surface area contributed by atoms with E-state index in [9.17, 15) is 9.59 Å². The Labute approximate surface area is 126 Å². The second-order valence-corrected chi connectivity index (χ2v) is 7.11. The van der Waals surface area contributed by atoms with Crippen LogP contribution in [0, 0.1) is 0 Å². The maximum absolute atomic E-state index is 12.5. The average Bonchev–Trinajstić information content (AvgIpc) is 2.24. The van der Waals surface area contributed by atoms with Crippen molar-refractivity contribution < 1.29 is 9.59 Å². The summed E-state index contributed by atoms with van der Waals surface area (Å²) in [7, 11) is 0. The fourth-order valence-electron chi connectivity index (χ4n) is 3.35. The molecule has 0 saturated carbocycles. The molecule has 1 aliphatic rings. The molecule has 5 nitrogen and oxygen atoms in total. The first kappa shape index (κ1) is 17.2. The summed E-state index contributed by atoms with van der Waals surface area (Å²) in [5.74, 6) is -0.586. The van der Waals surface area contributed by atoms with Gasteiger partial charge in [-0.05, 0) is 47.0 Å². The molecule has 1 heterocycles. The average molecular weight is 304 g/mol. The topological polar surface area (TPSA) is 75.4 Å². The van der Waals surface area contributed by atoms with Crippen LogP contribution in [0.1, 0.15) is 47.0 Å². The molecule has 0 atom stereocenters. The van der Waals surface area contributed by atoms with Crippen LogP contribution in [0.15, 0.2) is 0 Å². The normalized spacial score (nSPS) is 21.6. The lowest BCUT2D eigenvalue weighted by Gasteiger charge is -2.54. The first-order chi connectivity index (χ1) is 9.12. The number of amides is 2. The van der Waals surface area contributed by atoms with Crippen molar-refractivity contribution >= 4 is 23.4 Å². The maximum Gasteiger partial charge on any atom is 0.312 e. The second kappa shape index (κ2) is 6.31. The van der Waals surface area contributed by atoms with Crippen molar-refractivity contribution in [3.63, 3.8) is 0 Å². The molecule has 0 aliphatic carbocycles. The summed E-state index contributed by atoms with van der Waals surface area (Å²) in [4.78, 5) is 26.1. The van der Waals surface area contributed by atoms with E-state index in [1.807, 2.05) is 27.7 Å². The van der Waals surface area contributed by atoms with Crippen LogP contribution in [-0.2, 0) is 9.59 Å². The minimum Gasteiger partial charge on any atom is -0.348 e. The largest absolute Gasteiger partial charge is 0.348 e. The van der Waals surface area contributed by atoms with E-state index in [0.29, 0.717) is 31.7 Å². The van der Waals surface area contributed by atoms with Crippen molar-refractivity contribution in [2.45, 2.75) is 64.1 Å². The minimum absolute atomic E-state index is 0.0448. The third-order valence-corrected chi connectivity index (χ3v) is 3.99. The Bertz CT molecular complexity index is 365. The van der Waals surface area contributed by atoms with Crippen molar-refractivity contribution in [3.05, 3.63) is 0 Å². The Morgan fingerprint density at radius 1 is 1.25 bits per heavy atom. The molecule has 1 fully saturated rings. The SMILES string of the molecule is CC1(C)CC(N)CC(C)(C)N1C(=O)C(=O)NCCCCl. The molecule has 20 heavy (non-hydrogen) atoms. The lowest BCUT2D eigenvalue weighted by molar-refractivity contribution is -0.159. The molecular formula is C14H26ClN3O2. The van der Waals surface area contributed by atoms with Crippen LogP contribution in [0.25, 0.3) is 0 Å². The van der Waals surface area contributed by atoms with Crippen molar-refractivity contribution in [1.29, 1.82) is 0 Å². The zero-order chi connectivity index (χ0) is 15.6. The highest BCUT2D eigenvalue weighted by Crippen LogP contribution is 2.37. The number of carbonyl (C=O) groups is 2. The smallest absolute Gasteiger partial charge is 0.312 e. The van der Waals surface area contributed by atoms with Gasteiger partial charge in [0, 0.05) is 29.5 Å². The molecule has 2 amide bonds. The van der Waals surface area contributed by atoms with Crippen LogP contribution in [-0.4, -0.2) is 46.3 Å². The van der Waals surface area contributed by atoms with Crippen LogP contribution in [0.3, 0.4) is 0 Å². The van der Waals surface area contributed by atoms with Gasteiger partial charge in [0.15, 0.2) is 0 Å². The summed E-state index contributed by atoms with van der Waals surface area (Å²) in [5, 5.41) is 2.62.